The Bertz CT molecular complexity index is 490. The monoisotopic (exact) mass is 283 g/mol. The molecule has 19 heavy (non-hydrogen) atoms. The molecular formula is C14H23N3OS. The van der Waals surface area contributed by atoms with E-state index in [1.165, 1.54) is 0 Å². The normalized spacial score (nSPS) is 18.7. The lowest BCUT2D eigenvalue weighted by Crippen LogP contribution is -2.25. The molecule has 0 bridgehead atoms. The van der Waals surface area contributed by atoms with E-state index in [9.17, 15) is 0 Å². The summed E-state index contributed by atoms with van der Waals surface area (Å²) in [5, 5.41) is 0. The maximum Gasteiger partial charge on any atom is 0.253 e. The Morgan fingerprint density at radius 1 is 1.47 bits per heavy atom. The van der Waals surface area contributed by atoms with Crippen LogP contribution >= 0.6 is 11.7 Å². The van der Waals surface area contributed by atoms with Crippen molar-refractivity contribution in [3.63, 3.8) is 0 Å². The van der Waals surface area contributed by atoms with Crippen LogP contribution in [-0.4, -0.2) is 40.4 Å². The van der Waals surface area contributed by atoms with E-state index in [1.54, 1.807) is 0 Å². The Morgan fingerprint density at radius 2 is 2.37 bits per heavy atom. The van der Waals surface area contributed by atoms with Gasteiger partial charge in [0.2, 0.25) is 0 Å². The van der Waals surface area contributed by atoms with Crippen LogP contribution < -0.4 is 4.74 Å². The van der Waals surface area contributed by atoms with Crippen molar-refractivity contribution in [2.24, 2.45) is 0 Å². The minimum atomic E-state index is -1.16. The van der Waals surface area contributed by atoms with Gasteiger partial charge in [0.15, 0.2) is 0 Å². The summed E-state index contributed by atoms with van der Waals surface area (Å²) in [7, 11) is 2.09. The van der Waals surface area contributed by atoms with Gasteiger partial charge >= 0.3 is 0 Å². The van der Waals surface area contributed by atoms with Crippen molar-refractivity contribution in [1.82, 2.24) is 13.6 Å². The third-order valence-corrected chi connectivity index (χ3v) is 3.56. The predicted octanol–water partition coefficient (Wildman–Crippen LogP) is 3.22. The zero-order valence-electron chi connectivity index (χ0n) is 13.7. The van der Waals surface area contributed by atoms with Gasteiger partial charge in [0.1, 0.15) is 5.69 Å². The standard InChI is InChI=1S/C14H23N3OS/c1-3-4-5-6-10-18-14-13(15-19-16-14)12-8-7-9-17(2)11-12/h8H,3-7,9-11H2,1-2H3/i5D2. The molecule has 0 amide bonds. The Kier molecular flexibility index (Phi) is 4.74. The molecule has 4 nitrogen and oxygen atoms in total. The van der Waals surface area contributed by atoms with Gasteiger partial charge in [-0.2, -0.15) is 4.37 Å². The van der Waals surface area contributed by atoms with E-state index in [1.807, 2.05) is 6.92 Å². The lowest BCUT2D eigenvalue weighted by atomic mass is 10.1. The highest BCUT2D eigenvalue weighted by Gasteiger charge is 2.18. The Morgan fingerprint density at radius 3 is 3.16 bits per heavy atom. The van der Waals surface area contributed by atoms with Crippen LogP contribution in [0.3, 0.4) is 0 Å². The number of nitrogens with zero attached hydrogens (tertiary/aromatic N) is 3. The minimum absolute atomic E-state index is 0.342. The van der Waals surface area contributed by atoms with Gasteiger partial charge in [0, 0.05) is 15.8 Å². The molecule has 5 heteroatoms. The lowest BCUT2D eigenvalue weighted by Gasteiger charge is -2.22. The summed E-state index contributed by atoms with van der Waals surface area (Å²) in [6.45, 7) is 4.26. The first-order valence-electron chi connectivity index (χ1n) is 7.85. The molecule has 2 rings (SSSR count). The summed E-state index contributed by atoms with van der Waals surface area (Å²) in [6, 6.07) is 0. The maximum atomic E-state index is 7.87. The van der Waals surface area contributed by atoms with Crippen LogP contribution in [0.2, 0.25) is 0 Å². The van der Waals surface area contributed by atoms with Gasteiger partial charge in [-0.25, -0.2) is 0 Å². The SMILES string of the molecule is [2H]C([2H])(CCC)CCOc1nsnc1C1=CCCN(C)C1. The predicted molar refractivity (Wildman–Crippen MR) is 79.6 cm³/mol. The zero-order valence-corrected chi connectivity index (χ0v) is 12.5. The Hall–Kier alpha value is -0.940. The molecule has 1 aromatic heterocycles. The molecule has 0 N–H and O–H groups in total. The summed E-state index contributed by atoms with van der Waals surface area (Å²) < 4.78 is 30.0. The van der Waals surface area contributed by atoms with Gasteiger partial charge in [-0.15, -0.1) is 4.37 Å². The third-order valence-electron chi connectivity index (χ3n) is 3.05. The number of hydrogen-bond donors (Lipinski definition) is 0. The van der Waals surface area contributed by atoms with Gasteiger partial charge in [-0.3, -0.25) is 0 Å². The van der Waals surface area contributed by atoms with Crippen molar-refractivity contribution in [2.75, 3.05) is 26.7 Å². The first-order chi connectivity index (χ1) is 10.0. The number of ether oxygens (including phenoxy) is 1. The van der Waals surface area contributed by atoms with Crippen LogP contribution in [0.15, 0.2) is 6.08 Å². The fourth-order valence-electron chi connectivity index (χ4n) is 2.06. The summed E-state index contributed by atoms with van der Waals surface area (Å²) >= 11 is 1.15. The number of hydrogen-bond acceptors (Lipinski definition) is 5. The third kappa shape index (κ3) is 4.28. The molecule has 1 aromatic rings. The number of rotatable bonds is 7. The van der Waals surface area contributed by atoms with E-state index in [4.69, 9.17) is 7.48 Å². The summed E-state index contributed by atoms with van der Waals surface area (Å²) in [5.74, 6) is 0.550. The van der Waals surface area contributed by atoms with Crippen molar-refractivity contribution in [3.8, 4) is 5.88 Å². The maximum absolute atomic E-state index is 7.87. The van der Waals surface area contributed by atoms with E-state index in [0.29, 0.717) is 25.3 Å². The zero-order chi connectivity index (χ0) is 15.3. The summed E-state index contributed by atoms with van der Waals surface area (Å²) in [5.41, 5.74) is 1.98. The molecule has 2 heterocycles. The van der Waals surface area contributed by atoms with Crippen molar-refractivity contribution < 1.29 is 7.48 Å². The van der Waals surface area contributed by atoms with Crippen LogP contribution in [0.1, 0.15) is 47.4 Å². The molecule has 0 unspecified atom stereocenters. The molecular weight excluding hydrogens is 258 g/mol. The first kappa shape index (κ1) is 11.9. The fraction of sp³-hybridized carbons (Fsp3) is 0.714. The molecule has 0 atom stereocenters. The highest BCUT2D eigenvalue weighted by molar-refractivity contribution is 6.99. The van der Waals surface area contributed by atoms with E-state index in [0.717, 1.165) is 48.9 Å². The Balaban J connectivity index is 1.93. The number of likely N-dealkylation sites (N-methyl/N-ethyl adjacent to an activating group) is 1. The molecule has 0 aliphatic carbocycles. The van der Waals surface area contributed by atoms with Crippen LogP contribution in [0, 0.1) is 0 Å². The van der Waals surface area contributed by atoms with E-state index in [-0.39, 0.29) is 0 Å². The van der Waals surface area contributed by atoms with Gasteiger partial charge in [-0.1, -0.05) is 32.2 Å². The van der Waals surface area contributed by atoms with Crippen LogP contribution in [0.25, 0.3) is 5.57 Å². The van der Waals surface area contributed by atoms with Crippen molar-refractivity contribution in [1.29, 1.82) is 0 Å². The highest BCUT2D eigenvalue weighted by atomic mass is 32.1. The molecule has 0 saturated carbocycles. The molecule has 0 fully saturated rings. The topological polar surface area (TPSA) is 38.3 Å². The lowest BCUT2D eigenvalue weighted by molar-refractivity contribution is 0.294. The van der Waals surface area contributed by atoms with Crippen LogP contribution in [0.5, 0.6) is 5.88 Å². The second-order valence-electron chi connectivity index (χ2n) is 4.77. The average molecular weight is 283 g/mol. The smallest absolute Gasteiger partial charge is 0.253 e. The second kappa shape index (κ2) is 7.60. The van der Waals surface area contributed by atoms with Crippen LogP contribution in [0.4, 0.5) is 0 Å². The highest BCUT2D eigenvalue weighted by Crippen LogP contribution is 2.27. The largest absolute Gasteiger partial charge is 0.475 e. The van der Waals surface area contributed by atoms with Gasteiger partial charge < -0.3 is 9.64 Å². The molecule has 0 radical (unpaired) electrons. The van der Waals surface area contributed by atoms with E-state index < -0.39 is 6.37 Å². The average Bonchev–Trinajstić information content (AvgIpc) is 2.87. The fourth-order valence-corrected chi connectivity index (χ4v) is 2.59. The molecule has 1 aliphatic heterocycles. The summed E-state index contributed by atoms with van der Waals surface area (Å²) in [4.78, 5) is 2.25. The van der Waals surface area contributed by atoms with Gasteiger partial charge in [-0.05, 0) is 25.5 Å². The minimum Gasteiger partial charge on any atom is -0.475 e. The molecule has 0 saturated heterocycles. The molecule has 0 aromatic carbocycles. The molecule has 0 spiro atoms. The first-order valence-corrected chi connectivity index (χ1v) is 7.58. The van der Waals surface area contributed by atoms with Crippen molar-refractivity contribution in [3.05, 3.63) is 11.8 Å². The quantitative estimate of drug-likeness (QED) is 0.770. The van der Waals surface area contributed by atoms with Gasteiger partial charge in [0.05, 0.1) is 18.3 Å². The second-order valence-corrected chi connectivity index (χ2v) is 5.30. The van der Waals surface area contributed by atoms with Crippen molar-refractivity contribution >= 4 is 17.3 Å². The van der Waals surface area contributed by atoms with Gasteiger partial charge in [0.25, 0.3) is 5.88 Å². The number of aromatic nitrogens is 2. The molecule has 106 valence electrons. The van der Waals surface area contributed by atoms with E-state index in [2.05, 4.69) is 26.8 Å². The van der Waals surface area contributed by atoms with Crippen LogP contribution in [-0.2, 0) is 0 Å². The molecule has 1 aliphatic rings. The van der Waals surface area contributed by atoms with Crippen molar-refractivity contribution in [2.45, 2.75) is 39.0 Å². The van der Waals surface area contributed by atoms with E-state index >= 15 is 0 Å². The summed E-state index contributed by atoms with van der Waals surface area (Å²) in [6.07, 6.45) is 3.84. The Labute approximate surface area is 122 Å².